The zero-order chi connectivity index (χ0) is 15.4. The molecule has 0 N–H and O–H groups in total. The Morgan fingerprint density at radius 3 is 2.35 bits per heavy atom. The summed E-state index contributed by atoms with van der Waals surface area (Å²) >= 11 is 1.67. The minimum absolute atomic E-state index is 0. The Hall–Kier alpha value is -1.85. The molecular weight excluding hydrogens is 372 g/mol. The molecule has 3 aromatic rings. The van der Waals surface area contributed by atoms with Crippen molar-refractivity contribution in [1.29, 1.82) is 0 Å². The summed E-state index contributed by atoms with van der Waals surface area (Å²) in [6.45, 7) is 3.03. The van der Waals surface area contributed by atoms with Gasteiger partial charge in [0.1, 0.15) is 5.75 Å². The molecular formula is C18H19BrN2OS. The maximum Gasteiger partial charge on any atom is 0.190 e. The normalized spacial score (nSPS) is 11.1. The summed E-state index contributed by atoms with van der Waals surface area (Å²) in [5, 5.41) is 2.16. The van der Waals surface area contributed by atoms with E-state index in [1.54, 1.807) is 18.4 Å². The van der Waals surface area contributed by atoms with Crippen molar-refractivity contribution in [1.82, 2.24) is 4.57 Å². The molecule has 23 heavy (non-hydrogen) atoms. The molecule has 5 heteroatoms. The van der Waals surface area contributed by atoms with Crippen LogP contribution in [0.4, 0.5) is 5.69 Å². The van der Waals surface area contributed by atoms with E-state index in [4.69, 9.17) is 9.73 Å². The Balaban J connectivity index is 0.00000192. The van der Waals surface area contributed by atoms with Crippen molar-refractivity contribution >= 4 is 34.0 Å². The molecule has 0 atom stereocenters. The highest BCUT2D eigenvalue weighted by atomic mass is 79.9. The number of benzene rings is 2. The minimum atomic E-state index is 0. The molecule has 1 heterocycles. The van der Waals surface area contributed by atoms with Gasteiger partial charge in [0.25, 0.3) is 0 Å². The fourth-order valence-corrected chi connectivity index (χ4v) is 3.32. The number of nitrogens with zero attached hydrogens (tertiary/aromatic N) is 2. The van der Waals surface area contributed by atoms with Crippen LogP contribution in [0.15, 0.2) is 65.0 Å². The van der Waals surface area contributed by atoms with Crippen molar-refractivity contribution in [2.45, 2.75) is 13.5 Å². The Kier molecular flexibility index (Phi) is 6.19. The number of methoxy groups -OCH3 is 1. The summed E-state index contributed by atoms with van der Waals surface area (Å²) in [7, 11) is 1.68. The van der Waals surface area contributed by atoms with Gasteiger partial charge in [-0.2, -0.15) is 0 Å². The molecule has 0 aliphatic heterocycles. The smallest absolute Gasteiger partial charge is 0.190 e. The Morgan fingerprint density at radius 2 is 1.74 bits per heavy atom. The Morgan fingerprint density at radius 1 is 1.04 bits per heavy atom. The van der Waals surface area contributed by atoms with Gasteiger partial charge < -0.3 is 9.30 Å². The summed E-state index contributed by atoms with van der Waals surface area (Å²) in [6.07, 6.45) is 0. The molecule has 0 radical (unpaired) electrons. The topological polar surface area (TPSA) is 26.5 Å². The van der Waals surface area contributed by atoms with Crippen molar-refractivity contribution in [3.05, 3.63) is 64.8 Å². The fourth-order valence-electron chi connectivity index (χ4n) is 2.33. The zero-order valence-corrected chi connectivity index (χ0v) is 15.6. The fraction of sp³-hybridized carbons (Fsp3) is 0.167. The first kappa shape index (κ1) is 17.5. The van der Waals surface area contributed by atoms with Gasteiger partial charge in [0.15, 0.2) is 4.80 Å². The third kappa shape index (κ3) is 3.92. The summed E-state index contributed by atoms with van der Waals surface area (Å²) in [5.41, 5.74) is 3.34. The van der Waals surface area contributed by atoms with Crippen molar-refractivity contribution < 1.29 is 4.74 Å². The van der Waals surface area contributed by atoms with E-state index < -0.39 is 0 Å². The number of aromatic nitrogens is 1. The van der Waals surface area contributed by atoms with E-state index in [1.165, 1.54) is 11.3 Å². The standard InChI is InChI=1S/C18H18N2OS.BrH/c1-3-20-17(14-9-11-16(21-2)12-10-14)13-22-18(20)19-15-7-5-4-6-8-15;/h4-13H,3H2,1-2H3;1H. The number of rotatable bonds is 4. The van der Waals surface area contributed by atoms with Crippen LogP contribution in [0.25, 0.3) is 11.3 Å². The molecule has 0 amide bonds. The number of thiazole rings is 1. The van der Waals surface area contributed by atoms with Crippen LogP contribution < -0.4 is 9.54 Å². The van der Waals surface area contributed by atoms with Gasteiger partial charge in [0.2, 0.25) is 0 Å². The van der Waals surface area contributed by atoms with Crippen LogP contribution in [0, 0.1) is 0 Å². The highest BCUT2D eigenvalue weighted by molar-refractivity contribution is 8.93. The molecule has 0 saturated heterocycles. The van der Waals surface area contributed by atoms with Gasteiger partial charge in [-0.05, 0) is 48.9 Å². The SMILES string of the molecule is Br.CCn1c(-c2ccc(OC)cc2)csc1=Nc1ccccc1. The van der Waals surface area contributed by atoms with Crippen molar-refractivity contribution in [3.8, 4) is 17.0 Å². The van der Waals surface area contributed by atoms with Crippen LogP contribution in [-0.4, -0.2) is 11.7 Å². The predicted octanol–water partition coefficient (Wildman–Crippen LogP) is 5.06. The van der Waals surface area contributed by atoms with Crippen LogP contribution >= 0.6 is 28.3 Å². The first-order valence-electron chi connectivity index (χ1n) is 7.24. The second-order valence-corrected chi connectivity index (χ2v) is 5.66. The highest BCUT2D eigenvalue weighted by Crippen LogP contribution is 2.23. The molecule has 120 valence electrons. The molecule has 1 aromatic heterocycles. The van der Waals surface area contributed by atoms with Gasteiger partial charge in [-0.25, -0.2) is 4.99 Å². The molecule has 0 unspecified atom stereocenters. The molecule has 0 aliphatic rings. The van der Waals surface area contributed by atoms with Gasteiger partial charge in [0.05, 0.1) is 18.5 Å². The molecule has 0 aliphatic carbocycles. The lowest BCUT2D eigenvalue weighted by Crippen LogP contribution is -2.14. The van der Waals surface area contributed by atoms with Gasteiger partial charge >= 0.3 is 0 Å². The predicted molar refractivity (Wildman–Crippen MR) is 102 cm³/mol. The van der Waals surface area contributed by atoms with E-state index in [9.17, 15) is 0 Å². The lowest BCUT2D eigenvalue weighted by molar-refractivity contribution is 0.415. The van der Waals surface area contributed by atoms with Crippen molar-refractivity contribution in [3.63, 3.8) is 0 Å². The van der Waals surface area contributed by atoms with Crippen LogP contribution in [0.2, 0.25) is 0 Å². The summed E-state index contributed by atoms with van der Waals surface area (Å²) < 4.78 is 7.46. The van der Waals surface area contributed by atoms with Gasteiger partial charge in [-0.15, -0.1) is 28.3 Å². The van der Waals surface area contributed by atoms with Gasteiger partial charge in [-0.3, -0.25) is 0 Å². The average Bonchev–Trinajstić information content (AvgIpc) is 2.98. The first-order chi connectivity index (χ1) is 10.8. The Bertz CT molecular complexity index is 807. The molecule has 0 spiro atoms. The van der Waals surface area contributed by atoms with Gasteiger partial charge in [-0.1, -0.05) is 18.2 Å². The van der Waals surface area contributed by atoms with E-state index in [1.807, 2.05) is 42.5 Å². The largest absolute Gasteiger partial charge is 0.497 e. The molecule has 0 bridgehead atoms. The third-order valence-corrected chi connectivity index (χ3v) is 4.34. The van der Waals surface area contributed by atoms with E-state index >= 15 is 0 Å². The lowest BCUT2D eigenvalue weighted by Gasteiger charge is -2.07. The number of ether oxygens (including phenoxy) is 1. The van der Waals surface area contributed by atoms with Crippen LogP contribution in [0.5, 0.6) is 5.75 Å². The summed E-state index contributed by atoms with van der Waals surface area (Å²) in [5.74, 6) is 0.872. The molecule has 0 fully saturated rings. The second kappa shape index (κ2) is 8.13. The minimum Gasteiger partial charge on any atom is -0.497 e. The highest BCUT2D eigenvalue weighted by Gasteiger charge is 2.07. The van der Waals surface area contributed by atoms with Crippen LogP contribution in [0.3, 0.4) is 0 Å². The van der Waals surface area contributed by atoms with E-state index in [-0.39, 0.29) is 17.0 Å². The third-order valence-electron chi connectivity index (χ3n) is 3.48. The maximum atomic E-state index is 5.22. The first-order valence-corrected chi connectivity index (χ1v) is 8.12. The summed E-state index contributed by atoms with van der Waals surface area (Å²) in [6, 6.07) is 18.2. The number of hydrogen-bond acceptors (Lipinski definition) is 3. The lowest BCUT2D eigenvalue weighted by atomic mass is 10.1. The van der Waals surface area contributed by atoms with Crippen molar-refractivity contribution in [2.24, 2.45) is 4.99 Å². The number of halogens is 1. The number of hydrogen-bond donors (Lipinski definition) is 0. The molecule has 2 aromatic carbocycles. The molecule has 3 nitrogen and oxygen atoms in total. The zero-order valence-electron chi connectivity index (χ0n) is 13.1. The average molecular weight is 391 g/mol. The molecule has 3 rings (SSSR count). The number of para-hydroxylation sites is 1. The van der Waals surface area contributed by atoms with Crippen LogP contribution in [-0.2, 0) is 6.54 Å². The van der Waals surface area contributed by atoms with E-state index in [2.05, 4.69) is 29.0 Å². The van der Waals surface area contributed by atoms with E-state index in [0.29, 0.717) is 0 Å². The Labute approximate surface area is 150 Å². The quantitative estimate of drug-likeness (QED) is 0.611. The molecule has 0 saturated carbocycles. The van der Waals surface area contributed by atoms with E-state index in [0.717, 1.165) is 22.8 Å². The van der Waals surface area contributed by atoms with Gasteiger partial charge in [0, 0.05) is 11.9 Å². The van der Waals surface area contributed by atoms with Crippen LogP contribution in [0.1, 0.15) is 6.92 Å². The maximum absolute atomic E-state index is 5.22. The monoisotopic (exact) mass is 390 g/mol. The summed E-state index contributed by atoms with van der Waals surface area (Å²) in [4.78, 5) is 5.76. The second-order valence-electron chi connectivity index (χ2n) is 4.82. The van der Waals surface area contributed by atoms with Crippen molar-refractivity contribution in [2.75, 3.05) is 7.11 Å².